The Hall–Kier alpha value is 1.11. The number of rotatable bonds is 0. The van der Waals surface area contributed by atoms with Crippen molar-refractivity contribution in [3.8, 4) is 0 Å². The molecule has 0 radical (unpaired) electrons. The quantitative estimate of drug-likeness (QED) is 0.577. The van der Waals surface area contributed by atoms with Crippen molar-refractivity contribution in [2.45, 2.75) is 38.1 Å². The fraction of sp³-hybridized carbons (Fsp3) is 1.00. The van der Waals surface area contributed by atoms with Gasteiger partial charge in [-0.3, -0.25) is 0 Å². The Morgan fingerprint density at radius 3 is 1.46 bits per heavy atom. The van der Waals surface area contributed by atoms with E-state index in [9.17, 15) is 0 Å². The van der Waals surface area contributed by atoms with E-state index in [1.165, 1.54) is 19.3 Å². The fourth-order valence-electron chi connectivity index (χ4n) is 1.10. The van der Waals surface area contributed by atoms with E-state index in [0.717, 1.165) is 12.8 Å². The molecule has 7 N–H and O–H groups in total. The van der Waals surface area contributed by atoms with Crippen LogP contribution in [0.4, 0.5) is 0 Å². The molecule has 1 aliphatic carbocycles. The zero-order chi connectivity index (χ0) is 7.82. The van der Waals surface area contributed by atoms with Crippen LogP contribution in [0.25, 0.3) is 11.9 Å². The van der Waals surface area contributed by atoms with E-state index in [0.29, 0.717) is 0 Å². The second kappa shape index (κ2) is 18.8. The van der Waals surface area contributed by atoms with E-state index in [1.54, 1.807) is 0 Å². The number of hydrogen-bond donors (Lipinski definition) is 0. The van der Waals surface area contributed by atoms with Crippen LogP contribution in [0.3, 0.4) is 0 Å². The van der Waals surface area contributed by atoms with Crippen molar-refractivity contribution < 1.29 is 27.4 Å². The molecule has 0 saturated heterocycles. The summed E-state index contributed by atoms with van der Waals surface area (Å²) in [4.78, 5) is 0. The number of hydrogen-bond acceptors (Lipinski definition) is 0. The minimum Gasteiger partial charge on any atom is -0.693 e. The Kier molecular flexibility index (Phi) is 34.3. The van der Waals surface area contributed by atoms with Crippen molar-refractivity contribution in [1.29, 1.82) is 0 Å². The molecule has 7 heteroatoms. The first-order valence-corrected chi connectivity index (χ1v) is 8.98. The van der Waals surface area contributed by atoms with E-state index in [4.69, 9.17) is 24.6 Å². The summed E-state index contributed by atoms with van der Waals surface area (Å²) >= 11 is -0.472. The van der Waals surface area contributed by atoms with E-state index in [2.05, 4.69) is 0 Å². The average molecular weight is 416 g/mol. The molecule has 0 aliphatic heterocycles. The molecule has 1 saturated carbocycles. The SMILES string of the molecule is O.O.[Cl][Pt+2][Cl].[NH-]C1CCCCC1.[NH2-]. The maximum atomic E-state index is 7.27. The fourth-order valence-corrected chi connectivity index (χ4v) is 1.10. The molecule has 0 aromatic carbocycles. The molecule has 13 heavy (non-hydrogen) atoms. The first-order valence-electron chi connectivity index (χ1n) is 3.34. The van der Waals surface area contributed by atoms with Crippen LogP contribution >= 0.6 is 18.8 Å². The maximum absolute atomic E-state index is 7.27. The topological polar surface area (TPSA) is 120 Å². The third kappa shape index (κ3) is 19.5. The summed E-state index contributed by atoms with van der Waals surface area (Å²) in [7, 11) is 9.75. The van der Waals surface area contributed by atoms with E-state index in [-0.39, 0.29) is 23.1 Å². The molecule has 88 valence electrons. The molecular weight excluding hydrogens is 398 g/mol. The van der Waals surface area contributed by atoms with Gasteiger partial charge in [0.15, 0.2) is 0 Å². The smallest absolute Gasteiger partial charge is 0.0534 e. The summed E-state index contributed by atoms with van der Waals surface area (Å²) in [6.45, 7) is 0. The van der Waals surface area contributed by atoms with Gasteiger partial charge >= 0.3 is 35.3 Å². The van der Waals surface area contributed by atoms with Crippen LogP contribution in [-0.2, 0) is 16.5 Å². The Balaban J connectivity index is -0.0000000615. The normalized spacial score (nSPS) is 15.3. The van der Waals surface area contributed by atoms with Crippen molar-refractivity contribution in [3.05, 3.63) is 11.9 Å². The third-order valence-electron chi connectivity index (χ3n) is 1.61. The molecule has 0 heterocycles. The van der Waals surface area contributed by atoms with Crippen LogP contribution in [0.15, 0.2) is 0 Å². The van der Waals surface area contributed by atoms with Gasteiger partial charge in [-0.2, -0.15) is 0 Å². The largest absolute Gasteiger partial charge is 0.693 e. The second-order valence-electron chi connectivity index (χ2n) is 2.38. The molecule has 1 rings (SSSR count). The monoisotopic (exact) mass is 415 g/mol. The summed E-state index contributed by atoms with van der Waals surface area (Å²) in [5.74, 6) is 0. The molecule has 0 aromatic heterocycles. The maximum Gasteiger partial charge on any atom is -0.0534 e. The van der Waals surface area contributed by atoms with Crippen LogP contribution in [0.5, 0.6) is 0 Å². The number of halogens is 2. The molecule has 0 bridgehead atoms. The van der Waals surface area contributed by atoms with Gasteiger partial charge in [-0.25, -0.2) is 0 Å². The van der Waals surface area contributed by atoms with Gasteiger partial charge in [0.25, 0.3) is 0 Å². The third-order valence-corrected chi connectivity index (χ3v) is 1.61. The van der Waals surface area contributed by atoms with E-state index in [1.807, 2.05) is 0 Å². The Labute approximate surface area is 96.1 Å². The van der Waals surface area contributed by atoms with E-state index < -0.39 is 16.5 Å². The molecule has 4 nitrogen and oxygen atoms in total. The van der Waals surface area contributed by atoms with Gasteiger partial charge in [-0.1, -0.05) is 32.1 Å². The van der Waals surface area contributed by atoms with Crippen LogP contribution < -0.4 is 0 Å². The molecule has 1 fully saturated rings. The van der Waals surface area contributed by atoms with Crippen LogP contribution in [0.2, 0.25) is 0 Å². The molecule has 0 aromatic rings. The van der Waals surface area contributed by atoms with Crippen molar-refractivity contribution in [2.24, 2.45) is 0 Å². The Morgan fingerprint density at radius 1 is 1.00 bits per heavy atom. The van der Waals surface area contributed by atoms with Gasteiger partial charge in [-0.15, -0.1) is 6.04 Å². The predicted octanol–water partition coefficient (Wildman–Crippen LogP) is 2.82. The van der Waals surface area contributed by atoms with Gasteiger partial charge in [0, 0.05) is 0 Å². The Morgan fingerprint density at radius 2 is 1.31 bits per heavy atom. The van der Waals surface area contributed by atoms with Gasteiger partial charge in [0.2, 0.25) is 0 Å². The van der Waals surface area contributed by atoms with Gasteiger partial charge < -0.3 is 22.8 Å². The summed E-state index contributed by atoms with van der Waals surface area (Å²) < 4.78 is 0. The van der Waals surface area contributed by atoms with Crippen molar-refractivity contribution in [2.75, 3.05) is 0 Å². The zero-order valence-corrected chi connectivity index (χ0v) is 11.0. The van der Waals surface area contributed by atoms with Gasteiger partial charge in [-0.05, 0) is 0 Å². The van der Waals surface area contributed by atoms with Crippen molar-refractivity contribution >= 4 is 18.8 Å². The second-order valence-corrected chi connectivity index (χ2v) is 5.66. The van der Waals surface area contributed by atoms with E-state index >= 15 is 0 Å². The molecule has 1 aliphatic rings. The molecule has 0 amide bonds. The van der Waals surface area contributed by atoms with Gasteiger partial charge in [0.05, 0.1) is 0 Å². The molecule has 0 spiro atoms. The average Bonchev–Trinajstić information content (AvgIpc) is 1.91. The van der Waals surface area contributed by atoms with Crippen LogP contribution in [0, 0.1) is 0 Å². The summed E-state index contributed by atoms with van der Waals surface area (Å²) in [6.07, 6.45) is 6.28. The summed E-state index contributed by atoms with van der Waals surface area (Å²) in [6, 6.07) is 0.286. The van der Waals surface area contributed by atoms with Crippen LogP contribution in [-0.4, -0.2) is 17.0 Å². The standard InChI is InChI=1S/C6H12N.2ClH.H2N.2H2O.Pt/c7-6-4-2-1-3-5-6;;;;;;/h6-7H,1-5H2;2*1H;3*1H2;/q-1;;;-1;;;+4/p-2. The molecular formula is C6H18Cl2N2O2Pt. The first-order chi connectivity index (χ1) is 4.81. The summed E-state index contributed by atoms with van der Waals surface area (Å²) in [5.41, 5.74) is 7.27. The predicted molar refractivity (Wildman–Crippen MR) is 55.4 cm³/mol. The Bertz CT molecular complexity index is 77.7. The van der Waals surface area contributed by atoms with Gasteiger partial charge in [0.1, 0.15) is 0 Å². The minimum atomic E-state index is -0.472. The summed E-state index contributed by atoms with van der Waals surface area (Å²) in [5, 5.41) is 0. The zero-order valence-electron chi connectivity index (χ0n) is 7.26. The van der Waals surface area contributed by atoms with Crippen molar-refractivity contribution in [1.82, 2.24) is 0 Å². The molecule has 0 unspecified atom stereocenters. The van der Waals surface area contributed by atoms with Crippen molar-refractivity contribution in [3.63, 3.8) is 0 Å². The number of nitrogens with two attached hydrogens (primary N) is 1. The number of nitrogens with one attached hydrogen (secondary N) is 1. The minimum absolute atomic E-state index is 0. The molecule has 0 atom stereocenters. The first kappa shape index (κ1) is 23.7. The van der Waals surface area contributed by atoms with Crippen LogP contribution in [0.1, 0.15) is 32.1 Å².